The lowest BCUT2D eigenvalue weighted by Crippen LogP contribution is -2.11. The van der Waals surface area contributed by atoms with Crippen LogP contribution in [0.25, 0.3) is 11.0 Å². The first-order chi connectivity index (χ1) is 7.87. The summed E-state index contributed by atoms with van der Waals surface area (Å²) < 4.78 is 24.8. The highest BCUT2D eigenvalue weighted by molar-refractivity contribution is 7.90. The SMILES string of the molecule is Cc1ccc2[nH]c(=S)n(CCS(C)(=O)=O)c2c1. The second-order valence-corrected chi connectivity index (χ2v) is 6.88. The summed E-state index contributed by atoms with van der Waals surface area (Å²) in [4.78, 5) is 3.07. The minimum absolute atomic E-state index is 0.0994. The Hall–Kier alpha value is -1.14. The normalized spacial score (nSPS) is 12.1. The van der Waals surface area contributed by atoms with Crippen LogP contribution in [0.15, 0.2) is 18.2 Å². The Morgan fingerprint density at radius 3 is 2.76 bits per heavy atom. The molecule has 6 heteroatoms. The maximum atomic E-state index is 11.2. The average Bonchev–Trinajstić information content (AvgIpc) is 2.49. The Kier molecular flexibility index (Phi) is 3.09. The van der Waals surface area contributed by atoms with Crippen LogP contribution in [0.5, 0.6) is 0 Å². The number of hydrogen-bond donors (Lipinski definition) is 1. The molecular weight excluding hydrogens is 256 g/mol. The molecule has 0 fully saturated rings. The molecule has 0 bridgehead atoms. The Morgan fingerprint density at radius 2 is 2.12 bits per heavy atom. The summed E-state index contributed by atoms with van der Waals surface area (Å²) in [6.07, 6.45) is 1.23. The second-order valence-electron chi connectivity index (χ2n) is 4.23. The lowest BCUT2D eigenvalue weighted by Gasteiger charge is -2.03. The summed E-state index contributed by atoms with van der Waals surface area (Å²) in [7, 11) is -2.98. The predicted molar refractivity (Wildman–Crippen MR) is 71.6 cm³/mol. The largest absolute Gasteiger partial charge is 0.331 e. The van der Waals surface area contributed by atoms with Crippen molar-refractivity contribution in [2.24, 2.45) is 0 Å². The van der Waals surface area contributed by atoms with Crippen molar-refractivity contribution in [1.29, 1.82) is 0 Å². The number of fused-ring (bicyclic) bond motifs is 1. The molecule has 17 heavy (non-hydrogen) atoms. The summed E-state index contributed by atoms with van der Waals surface area (Å²) in [5, 5.41) is 0. The van der Waals surface area contributed by atoms with Crippen LogP contribution in [0.2, 0.25) is 0 Å². The van der Waals surface area contributed by atoms with Crippen molar-refractivity contribution in [3.63, 3.8) is 0 Å². The summed E-state index contributed by atoms with van der Waals surface area (Å²) >= 11 is 5.20. The van der Waals surface area contributed by atoms with Crippen LogP contribution in [0, 0.1) is 11.7 Å². The molecule has 1 aromatic carbocycles. The summed E-state index contributed by atoms with van der Waals surface area (Å²) in [5.41, 5.74) is 3.02. The van der Waals surface area contributed by atoms with E-state index in [0.29, 0.717) is 11.3 Å². The summed E-state index contributed by atoms with van der Waals surface area (Å²) in [5.74, 6) is 0.0994. The third-order valence-corrected chi connectivity index (χ3v) is 3.86. The van der Waals surface area contributed by atoms with E-state index in [2.05, 4.69) is 4.98 Å². The molecule has 0 saturated heterocycles. The number of nitrogens with one attached hydrogen (secondary N) is 1. The molecule has 0 spiro atoms. The Balaban J connectivity index is 2.49. The van der Waals surface area contributed by atoms with Gasteiger partial charge in [-0.1, -0.05) is 6.07 Å². The van der Waals surface area contributed by atoms with Crippen LogP contribution in [0.3, 0.4) is 0 Å². The molecule has 0 aliphatic rings. The number of nitrogens with zero attached hydrogens (tertiary/aromatic N) is 1. The van der Waals surface area contributed by atoms with Gasteiger partial charge in [-0.3, -0.25) is 0 Å². The lowest BCUT2D eigenvalue weighted by molar-refractivity contribution is 0.595. The van der Waals surface area contributed by atoms with Gasteiger partial charge in [0.2, 0.25) is 0 Å². The molecule has 0 unspecified atom stereocenters. The van der Waals surface area contributed by atoms with Crippen molar-refractivity contribution in [2.45, 2.75) is 13.5 Å². The molecule has 1 aromatic heterocycles. The molecule has 2 aromatic rings. The van der Waals surface area contributed by atoms with Gasteiger partial charge in [0.05, 0.1) is 16.8 Å². The van der Waals surface area contributed by atoms with Crippen LogP contribution in [-0.4, -0.2) is 30.0 Å². The molecule has 1 N–H and O–H groups in total. The Morgan fingerprint density at radius 1 is 1.41 bits per heavy atom. The first kappa shape index (κ1) is 12.3. The van der Waals surface area contributed by atoms with Gasteiger partial charge >= 0.3 is 0 Å². The maximum absolute atomic E-state index is 11.2. The molecule has 1 heterocycles. The highest BCUT2D eigenvalue weighted by Gasteiger charge is 2.07. The van der Waals surface area contributed by atoms with Crippen LogP contribution in [0.1, 0.15) is 5.56 Å². The first-order valence-corrected chi connectivity index (χ1v) is 7.70. The van der Waals surface area contributed by atoms with E-state index in [-0.39, 0.29) is 5.75 Å². The van der Waals surface area contributed by atoms with E-state index in [0.717, 1.165) is 16.6 Å². The number of imidazole rings is 1. The van der Waals surface area contributed by atoms with Gasteiger partial charge in [0.15, 0.2) is 4.77 Å². The van der Waals surface area contributed by atoms with Crippen molar-refractivity contribution in [3.8, 4) is 0 Å². The number of hydrogen-bond acceptors (Lipinski definition) is 3. The Bertz CT molecular complexity index is 711. The molecule has 2 rings (SSSR count). The van der Waals surface area contributed by atoms with Crippen molar-refractivity contribution >= 4 is 33.1 Å². The van der Waals surface area contributed by atoms with Crippen LogP contribution < -0.4 is 0 Å². The topological polar surface area (TPSA) is 54.9 Å². The van der Waals surface area contributed by atoms with Crippen molar-refractivity contribution < 1.29 is 8.42 Å². The summed E-state index contributed by atoms with van der Waals surface area (Å²) in [6.45, 7) is 2.39. The monoisotopic (exact) mass is 270 g/mol. The zero-order valence-corrected chi connectivity index (χ0v) is 11.4. The smallest absolute Gasteiger partial charge is 0.178 e. The number of H-pyrrole nitrogens is 1. The van der Waals surface area contributed by atoms with Gasteiger partial charge in [0.1, 0.15) is 9.84 Å². The molecule has 0 saturated carbocycles. The number of aryl methyl sites for hydroxylation is 2. The van der Waals surface area contributed by atoms with Crippen molar-refractivity contribution in [1.82, 2.24) is 9.55 Å². The minimum atomic E-state index is -2.98. The standard InChI is InChI=1S/C11H14N2O2S2/c1-8-3-4-9-10(7-8)13(11(16)12-9)5-6-17(2,14)15/h3-4,7H,5-6H2,1-2H3,(H,12,16). The van der Waals surface area contributed by atoms with E-state index in [4.69, 9.17) is 12.2 Å². The van der Waals surface area contributed by atoms with E-state index in [1.54, 1.807) is 0 Å². The minimum Gasteiger partial charge on any atom is -0.331 e. The third-order valence-electron chi connectivity index (χ3n) is 2.62. The first-order valence-electron chi connectivity index (χ1n) is 5.24. The van der Waals surface area contributed by atoms with E-state index in [1.165, 1.54) is 6.26 Å². The van der Waals surface area contributed by atoms with Gasteiger partial charge in [-0.05, 0) is 36.8 Å². The zero-order chi connectivity index (χ0) is 12.6. The molecule has 0 amide bonds. The van der Waals surface area contributed by atoms with Crippen molar-refractivity contribution in [2.75, 3.05) is 12.0 Å². The molecule has 4 nitrogen and oxygen atoms in total. The summed E-state index contributed by atoms with van der Waals surface area (Å²) in [6, 6.07) is 5.95. The molecule has 0 radical (unpaired) electrons. The van der Waals surface area contributed by atoms with E-state index >= 15 is 0 Å². The molecular formula is C11H14N2O2S2. The lowest BCUT2D eigenvalue weighted by atomic mass is 10.2. The fraction of sp³-hybridized carbons (Fsp3) is 0.364. The van der Waals surface area contributed by atoms with Gasteiger partial charge in [-0.15, -0.1) is 0 Å². The number of aromatic amines is 1. The molecule has 0 aliphatic carbocycles. The highest BCUT2D eigenvalue weighted by atomic mass is 32.2. The fourth-order valence-electron chi connectivity index (χ4n) is 1.74. The number of sulfone groups is 1. The van der Waals surface area contributed by atoms with E-state index in [9.17, 15) is 8.42 Å². The Labute approximate surface area is 105 Å². The number of aromatic nitrogens is 2. The fourth-order valence-corrected chi connectivity index (χ4v) is 2.56. The molecule has 0 aliphatic heterocycles. The third kappa shape index (κ3) is 2.76. The van der Waals surface area contributed by atoms with Crippen LogP contribution >= 0.6 is 12.2 Å². The van der Waals surface area contributed by atoms with Crippen LogP contribution in [-0.2, 0) is 16.4 Å². The second kappa shape index (κ2) is 4.27. The maximum Gasteiger partial charge on any atom is 0.178 e. The van der Waals surface area contributed by atoms with Gasteiger partial charge in [0, 0.05) is 12.8 Å². The van der Waals surface area contributed by atoms with E-state index in [1.807, 2.05) is 29.7 Å². The quantitative estimate of drug-likeness (QED) is 0.869. The van der Waals surface area contributed by atoms with E-state index < -0.39 is 9.84 Å². The zero-order valence-electron chi connectivity index (χ0n) is 9.73. The van der Waals surface area contributed by atoms with Gasteiger partial charge in [0.25, 0.3) is 0 Å². The molecule has 0 atom stereocenters. The molecule has 92 valence electrons. The number of benzene rings is 1. The van der Waals surface area contributed by atoms with Gasteiger partial charge in [-0.25, -0.2) is 8.42 Å². The number of rotatable bonds is 3. The van der Waals surface area contributed by atoms with Gasteiger partial charge < -0.3 is 9.55 Å². The van der Waals surface area contributed by atoms with Crippen LogP contribution in [0.4, 0.5) is 0 Å². The highest BCUT2D eigenvalue weighted by Crippen LogP contribution is 2.15. The van der Waals surface area contributed by atoms with Gasteiger partial charge in [-0.2, -0.15) is 0 Å². The predicted octanol–water partition coefficient (Wildman–Crippen LogP) is 2.05. The van der Waals surface area contributed by atoms with Crippen molar-refractivity contribution in [3.05, 3.63) is 28.5 Å². The average molecular weight is 270 g/mol.